The molecule has 1 amide bonds. The summed E-state index contributed by atoms with van der Waals surface area (Å²) in [4.78, 5) is 27.0. The molecule has 2 aliphatic rings. The van der Waals surface area contributed by atoms with Crippen molar-refractivity contribution in [2.45, 2.75) is 13.0 Å². The lowest BCUT2D eigenvalue weighted by atomic mass is 10.1. The molecule has 68 valence electrons. The van der Waals surface area contributed by atoms with E-state index in [0.29, 0.717) is 12.4 Å². The van der Waals surface area contributed by atoms with Crippen molar-refractivity contribution in [2.75, 3.05) is 13.6 Å². The first kappa shape index (κ1) is 8.31. The number of amides is 1. The van der Waals surface area contributed by atoms with Gasteiger partial charge in [-0.2, -0.15) is 0 Å². The molecule has 2 atom stereocenters. The van der Waals surface area contributed by atoms with Crippen LogP contribution in [0.15, 0.2) is 17.1 Å². The van der Waals surface area contributed by atoms with Crippen LogP contribution in [0.4, 0.5) is 0 Å². The molecule has 0 radical (unpaired) electrons. The third-order valence-corrected chi connectivity index (χ3v) is 2.83. The number of nitrogens with zero attached hydrogens (tertiary/aromatic N) is 2. The van der Waals surface area contributed by atoms with Gasteiger partial charge in [-0.1, -0.05) is 0 Å². The first-order valence-electron chi connectivity index (χ1n) is 4.21. The van der Waals surface area contributed by atoms with E-state index >= 15 is 0 Å². The second-order valence-electron chi connectivity index (χ2n) is 3.57. The van der Waals surface area contributed by atoms with Crippen LogP contribution >= 0.6 is 0 Å². The molecule has 4 nitrogen and oxygen atoms in total. The van der Waals surface area contributed by atoms with Gasteiger partial charge < -0.3 is 0 Å². The van der Waals surface area contributed by atoms with Crippen molar-refractivity contribution < 1.29 is 14.1 Å². The van der Waals surface area contributed by atoms with Gasteiger partial charge in [0, 0.05) is 13.0 Å². The predicted molar refractivity (Wildman–Crippen MR) is 47.1 cm³/mol. The zero-order valence-corrected chi connectivity index (χ0v) is 7.65. The lowest BCUT2D eigenvalue weighted by Gasteiger charge is -2.27. The van der Waals surface area contributed by atoms with E-state index in [1.54, 1.807) is 13.1 Å². The van der Waals surface area contributed by atoms with Gasteiger partial charge >= 0.3 is 5.91 Å². The number of rotatable bonds is 1. The third-order valence-electron chi connectivity index (χ3n) is 2.83. The first-order chi connectivity index (χ1) is 6.06. The van der Waals surface area contributed by atoms with E-state index in [0.717, 1.165) is 0 Å². The van der Waals surface area contributed by atoms with Crippen molar-refractivity contribution in [2.24, 2.45) is 4.99 Å². The topological polar surface area (TPSA) is 46.5 Å². The highest BCUT2D eigenvalue weighted by molar-refractivity contribution is 6.09. The summed E-state index contributed by atoms with van der Waals surface area (Å²) in [6.07, 6.45) is 3.19. The van der Waals surface area contributed by atoms with Crippen LogP contribution in [0, 0.1) is 0 Å². The number of fused-ring (bicyclic) bond motifs is 1. The molecule has 2 rings (SSSR count). The highest BCUT2D eigenvalue weighted by Gasteiger charge is 2.52. The molecule has 0 aromatic carbocycles. The Hall–Kier alpha value is -1.29. The molecule has 0 bridgehead atoms. The Balaban J connectivity index is 2.45. The van der Waals surface area contributed by atoms with Crippen LogP contribution in [0.1, 0.15) is 6.92 Å². The zero-order chi connectivity index (χ0) is 9.64. The Morgan fingerprint density at radius 3 is 2.92 bits per heavy atom. The zero-order valence-electron chi connectivity index (χ0n) is 7.65. The maximum absolute atomic E-state index is 11.5. The highest BCUT2D eigenvalue weighted by atomic mass is 16.2. The molecule has 0 saturated carbocycles. The Labute approximate surface area is 76.1 Å². The van der Waals surface area contributed by atoms with Crippen LogP contribution in [0.2, 0.25) is 0 Å². The maximum Gasteiger partial charge on any atom is 0.345 e. The number of amidine groups is 1. The number of Topliss-reactive ketones (excluding diaryl/α,β-unsaturated/α-hetero) is 1. The van der Waals surface area contributed by atoms with Crippen molar-refractivity contribution in [3.05, 3.63) is 12.2 Å². The second-order valence-corrected chi connectivity index (χ2v) is 3.57. The fraction of sp³-hybridized carbons (Fsp3) is 0.444. The van der Waals surface area contributed by atoms with Gasteiger partial charge in [0.2, 0.25) is 5.84 Å². The van der Waals surface area contributed by atoms with Crippen molar-refractivity contribution in [1.29, 1.82) is 0 Å². The number of hydrogen-bond donors (Lipinski definition) is 0. The van der Waals surface area contributed by atoms with Crippen LogP contribution in [0.3, 0.4) is 0 Å². The van der Waals surface area contributed by atoms with Crippen molar-refractivity contribution in [3.63, 3.8) is 0 Å². The summed E-state index contributed by atoms with van der Waals surface area (Å²) in [5.74, 6) is 0.694. The molecule has 2 aliphatic heterocycles. The SMILES string of the molecule is CC(=O)[C@@H]1CN=C2C=CC(=O)[N+]21C. The van der Waals surface area contributed by atoms with Gasteiger partial charge in [0.05, 0.1) is 13.1 Å². The Bertz CT molecular complexity index is 357. The summed E-state index contributed by atoms with van der Waals surface area (Å²) in [5, 5.41) is 0. The quantitative estimate of drug-likeness (QED) is 0.528. The average Bonchev–Trinajstić information content (AvgIpc) is 2.50. The molecule has 13 heavy (non-hydrogen) atoms. The minimum atomic E-state index is -0.308. The van der Waals surface area contributed by atoms with Gasteiger partial charge in [0.15, 0.2) is 11.8 Å². The normalized spacial score (nSPS) is 36.3. The molecular formula is C9H11N2O2+. The first-order valence-corrected chi connectivity index (χ1v) is 4.21. The van der Waals surface area contributed by atoms with E-state index < -0.39 is 0 Å². The largest absolute Gasteiger partial charge is 0.345 e. The molecule has 0 aromatic rings. The van der Waals surface area contributed by atoms with Crippen LogP contribution in [0.25, 0.3) is 0 Å². The maximum atomic E-state index is 11.5. The van der Waals surface area contributed by atoms with Gasteiger partial charge in [0.25, 0.3) is 0 Å². The van der Waals surface area contributed by atoms with E-state index in [9.17, 15) is 9.59 Å². The lowest BCUT2D eigenvalue weighted by Crippen LogP contribution is -2.56. The van der Waals surface area contributed by atoms with Crippen LogP contribution in [-0.4, -0.2) is 41.6 Å². The number of hydrogen-bond acceptors (Lipinski definition) is 3. The summed E-state index contributed by atoms with van der Waals surface area (Å²) >= 11 is 0. The van der Waals surface area contributed by atoms with Gasteiger partial charge in [0.1, 0.15) is 6.54 Å². The van der Waals surface area contributed by atoms with E-state index in [1.165, 1.54) is 13.0 Å². The number of ketones is 1. The van der Waals surface area contributed by atoms with E-state index in [2.05, 4.69) is 4.99 Å². The van der Waals surface area contributed by atoms with Crippen molar-refractivity contribution >= 4 is 17.5 Å². The molecular weight excluding hydrogens is 168 g/mol. The fourth-order valence-corrected chi connectivity index (χ4v) is 1.92. The minimum Gasteiger partial charge on any atom is -0.293 e. The number of likely N-dealkylation sites (N-methyl/N-ethyl adjacent to an activating group) is 1. The average molecular weight is 179 g/mol. The summed E-state index contributed by atoms with van der Waals surface area (Å²) < 4.78 is 0.0509. The molecule has 0 aromatic heterocycles. The summed E-state index contributed by atoms with van der Waals surface area (Å²) in [6.45, 7) is 1.95. The van der Waals surface area contributed by atoms with E-state index in [4.69, 9.17) is 0 Å². The molecule has 0 saturated heterocycles. The van der Waals surface area contributed by atoms with Crippen LogP contribution < -0.4 is 0 Å². The van der Waals surface area contributed by atoms with Gasteiger partial charge in [-0.15, -0.1) is 0 Å². The number of carbonyl (C=O) groups excluding carboxylic acids is 2. The van der Waals surface area contributed by atoms with Gasteiger partial charge in [-0.25, -0.2) is 14.3 Å². The van der Waals surface area contributed by atoms with E-state index in [1.807, 2.05) is 0 Å². The molecule has 0 spiro atoms. The van der Waals surface area contributed by atoms with Crippen LogP contribution in [0.5, 0.6) is 0 Å². The molecule has 0 fully saturated rings. The van der Waals surface area contributed by atoms with E-state index in [-0.39, 0.29) is 22.2 Å². The van der Waals surface area contributed by atoms with Crippen LogP contribution in [-0.2, 0) is 9.59 Å². The summed E-state index contributed by atoms with van der Waals surface area (Å²) in [5.41, 5.74) is 0. The lowest BCUT2D eigenvalue weighted by molar-refractivity contribution is -0.745. The van der Waals surface area contributed by atoms with Gasteiger partial charge in [-0.3, -0.25) is 4.79 Å². The predicted octanol–water partition coefficient (Wildman–Crippen LogP) is -0.101. The third kappa shape index (κ3) is 0.862. The molecule has 0 aliphatic carbocycles. The Morgan fingerprint density at radius 1 is 1.62 bits per heavy atom. The molecule has 0 N–H and O–H groups in total. The monoisotopic (exact) mass is 179 g/mol. The van der Waals surface area contributed by atoms with Crippen molar-refractivity contribution in [3.8, 4) is 0 Å². The van der Waals surface area contributed by atoms with Crippen molar-refractivity contribution in [1.82, 2.24) is 0 Å². The summed E-state index contributed by atoms with van der Waals surface area (Å²) in [6, 6.07) is -0.308. The Kier molecular flexibility index (Phi) is 1.51. The second kappa shape index (κ2) is 2.35. The molecule has 1 unspecified atom stereocenters. The number of aliphatic imine (C=N–C) groups is 1. The smallest absolute Gasteiger partial charge is 0.293 e. The molecule has 2 heterocycles. The molecule has 4 heteroatoms. The summed E-state index contributed by atoms with van der Waals surface area (Å²) in [7, 11) is 1.75. The van der Waals surface area contributed by atoms with Gasteiger partial charge in [-0.05, 0) is 0 Å². The standard InChI is InChI=1S/C9H11N2O2/c1-6(12)7-5-10-8-3-4-9(13)11(7,8)2/h3-4,7H,5H2,1-2H3/q+1/t7-,11?/m0/s1. The highest BCUT2D eigenvalue weighted by Crippen LogP contribution is 2.26. The minimum absolute atomic E-state index is 0.0262. The fourth-order valence-electron chi connectivity index (χ4n) is 1.92. The number of quaternary nitrogens is 1. The number of carbonyl (C=O) groups is 2. The Morgan fingerprint density at radius 2 is 2.31 bits per heavy atom.